The Balaban J connectivity index is 1.28. The highest BCUT2D eigenvalue weighted by Crippen LogP contribution is 2.48. The van der Waals surface area contributed by atoms with Crippen molar-refractivity contribution in [3.8, 4) is 0 Å². The molecule has 0 saturated carbocycles. The molecule has 3 heterocycles. The smallest absolute Gasteiger partial charge is 0.333 e. The number of likely N-dealkylation sites (N-methyl/N-ethyl adjacent to an activating group) is 1. The van der Waals surface area contributed by atoms with Gasteiger partial charge in [0.15, 0.2) is 5.71 Å². The quantitative estimate of drug-likeness (QED) is 0.0763. The second kappa shape index (κ2) is 14.9. The van der Waals surface area contributed by atoms with Crippen molar-refractivity contribution in [1.29, 1.82) is 0 Å². The number of aryl methyl sites for hydroxylation is 1. The molecule has 0 bridgehead atoms. The average molecular weight is 715 g/mol. The Morgan fingerprint density at radius 2 is 1.59 bits per heavy atom. The van der Waals surface area contributed by atoms with Gasteiger partial charge in [-0.05, 0) is 70.4 Å². The van der Waals surface area contributed by atoms with Gasteiger partial charge in [0, 0.05) is 66.7 Å². The second-order valence-corrected chi connectivity index (χ2v) is 15.7. The number of hydrogen-bond donors (Lipinski definition) is 1. The molecule has 2 amide bonds. The number of fused-ring (bicyclic) bond motifs is 2. The van der Waals surface area contributed by atoms with Gasteiger partial charge in [0.2, 0.25) is 5.69 Å². The first-order valence-electron chi connectivity index (χ1n) is 17.5. The van der Waals surface area contributed by atoms with Crippen LogP contribution >= 0.6 is 0 Å². The van der Waals surface area contributed by atoms with E-state index in [2.05, 4.69) is 67.5 Å². The zero-order valence-corrected chi connectivity index (χ0v) is 31.1. The lowest BCUT2D eigenvalue weighted by Gasteiger charge is -2.25. The first kappa shape index (κ1) is 37.6. The number of imide groups is 1. The molecule has 0 aliphatic carbocycles. The van der Waals surface area contributed by atoms with Crippen LogP contribution in [-0.4, -0.2) is 59.2 Å². The highest BCUT2D eigenvalue weighted by molar-refractivity contribution is 7.85. The van der Waals surface area contributed by atoms with Crippen molar-refractivity contribution in [1.82, 2.24) is 5.06 Å². The Bertz CT molecular complexity index is 1980. The standard InChI is InChI=1S/C40H47N3O7S/c1-7-41-32-21-19-28(2)26-30(32)39(3,4)34(41)16-12-9-8-10-13-17-35-40(5,6)31-27-29(51(47,48)49)20-22-33(31)42(35)25-15-11-14-18-38(46)50-43-36(44)23-24-37(43)45/h8-10,12-13,16-17,19-22,26-27H,7,11,14-15,18,23-25H2,1-6H3/p+1. The van der Waals surface area contributed by atoms with E-state index in [1.165, 1.54) is 34.6 Å². The van der Waals surface area contributed by atoms with E-state index in [1.54, 1.807) is 6.07 Å². The van der Waals surface area contributed by atoms with Gasteiger partial charge in [-0.25, -0.2) is 4.79 Å². The zero-order valence-electron chi connectivity index (χ0n) is 30.3. The van der Waals surface area contributed by atoms with Gasteiger partial charge in [-0.15, -0.1) is 5.06 Å². The average Bonchev–Trinajstić information content (AvgIpc) is 3.58. The number of nitrogens with zero attached hydrogens (tertiary/aromatic N) is 3. The minimum absolute atomic E-state index is 0.0509. The lowest BCUT2D eigenvalue weighted by molar-refractivity contribution is -0.438. The molecule has 3 aliphatic rings. The van der Waals surface area contributed by atoms with Gasteiger partial charge in [0.05, 0.1) is 10.3 Å². The van der Waals surface area contributed by atoms with Crippen LogP contribution in [0.25, 0.3) is 0 Å². The van der Waals surface area contributed by atoms with Crippen LogP contribution in [-0.2, 0) is 40.2 Å². The predicted octanol–water partition coefficient (Wildman–Crippen LogP) is 7.16. The molecule has 0 unspecified atom stereocenters. The molecule has 1 saturated heterocycles. The van der Waals surface area contributed by atoms with E-state index in [0.717, 1.165) is 23.5 Å². The van der Waals surface area contributed by atoms with E-state index in [4.69, 9.17) is 4.84 Å². The van der Waals surface area contributed by atoms with Crippen LogP contribution in [0, 0.1) is 6.92 Å². The largest absolute Gasteiger partial charge is 0.344 e. The van der Waals surface area contributed by atoms with E-state index < -0.39 is 33.3 Å². The number of allylic oxidation sites excluding steroid dienone is 8. The SMILES string of the molecule is CCN1C(=CC=CC=CC=CC2=[N+](CCCCCC(=O)ON3C(=O)CCC3=O)c3ccc(S(=O)(=O)O)cc3C2(C)C)C(C)(C)c2cc(C)ccc21. The molecule has 2 aromatic rings. The lowest BCUT2D eigenvalue weighted by Crippen LogP contribution is -2.31. The Labute approximate surface area is 301 Å². The molecule has 3 aliphatic heterocycles. The topological polar surface area (TPSA) is 124 Å². The third-order valence-corrected chi connectivity index (χ3v) is 10.8. The molecule has 2 aromatic carbocycles. The Morgan fingerprint density at radius 3 is 2.27 bits per heavy atom. The van der Waals surface area contributed by atoms with Gasteiger partial charge in [-0.1, -0.05) is 61.9 Å². The molecule has 11 heteroatoms. The van der Waals surface area contributed by atoms with Gasteiger partial charge < -0.3 is 9.74 Å². The first-order chi connectivity index (χ1) is 24.1. The molecular formula is C40H48N3O7S+. The van der Waals surface area contributed by atoms with E-state index in [1.807, 2.05) is 44.2 Å². The molecule has 10 nitrogen and oxygen atoms in total. The minimum Gasteiger partial charge on any atom is -0.344 e. The molecule has 1 fully saturated rings. The number of carbonyl (C=O) groups is 3. The van der Waals surface area contributed by atoms with Crippen molar-refractivity contribution in [2.45, 2.75) is 95.8 Å². The lowest BCUT2D eigenvalue weighted by atomic mass is 9.81. The van der Waals surface area contributed by atoms with Crippen LogP contribution in [0.2, 0.25) is 0 Å². The van der Waals surface area contributed by atoms with E-state index in [-0.39, 0.29) is 29.6 Å². The molecule has 51 heavy (non-hydrogen) atoms. The molecule has 5 rings (SSSR count). The number of hydroxylamine groups is 2. The van der Waals surface area contributed by atoms with Crippen molar-refractivity contribution in [2.75, 3.05) is 18.0 Å². The number of carbonyl (C=O) groups excluding carboxylic acids is 3. The summed E-state index contributed by atoms with van der Waals surface area (Å²) in [6.45, 7) is 14.3. The maximum atomic E-state index is 12.2. The summed E-state index contributed by atoms with van der Waals surface area (Å²) in [5.74, 6) is -1.62. The summed E-state index contributed by atoms with van der Waals surface area (Å²) in [5, 5.41) is 0.567. The Morgan fingerprint density at radius 1 is 0.902 bits per heavy atom. The van der Waals surface area contributed by atoms with Crippen LogP contribution in [0.4, 0.5) is 11.4 Å². The van der Waals surface area contributed by atoms with Gasteiger partial charge in [0.1, 0.15) is 6.54 Å². The van der Waals surface area contributed by atoms with Gasteiger partial charge in [-0.2, -0.15) is 13.0 Å². The molecule has 0 atom stereocenters. The van der Waals surface area contributed by atoms with Gasteiger partial charge in [0.25, 0.3) is 21.9 Å². The number of unbranched alkanes of at least 4 members (excludes halogenated alkanes) is 2. The first-order valence-corrected chi connectivity index (χ1v) is 19.0. The number of anilines is 1. The van der Waals surface area contributed by atoms with Gasteiger partial charge >= 0.3 is 5.97 Å². The number of benzene rings is 2. The summed E-state index contributed by atoms with van der Waals surface area (Å²) in [4.78, 5) is 42.9. The Kier molecular flexibility index (Phi) is 11.0. The highest BCUT2D eigenvalue weighted by atomic mass is 32.2. The fourth-order valence-corrected chi connectivity index (χ4v) is 7.70. The maximum Gasteiger partial charge on any atom is 0.333 e. The van der Waals surface area contributed by atoms with Crippen molar-refractivity contribution in [2.24, 2.45) is 0 Å². The summed E-state index contributed by atoms with van der Waals surface area (Å²) in [7, 11) is -4.39. The number of hydrogen-bond acceptors (Lipinski definition) is 7. The normalized spacial score (nSPS) is 19.1. The van der Waals surface area contributed by atoms with Gasteiger partial charge in [-0.3, -0.25) is 14.1 Å². The summed E-state index contributed by atoms with van der Waals surface area (Å²) < 4.78 is 35.9. The summed E-state index contributed by atoms with van der Waals surface area (Å²) in [6.07, 6.45) is 16.2. The molecule has 0 spiro atoms. The summed E-state index contributed by atoms with van der Waals surface area (Å²) in [6, 6.07) is 11.3. The van der Waals surface area contributed by atoms with Crippen molar-refractivity contribution in [3.63, 3.8) is 0 Å². The molecule has 1 N–H and O–H groups in total. The van der Waals surface area contributed by atoms with E-state index in [0.29, 0.717) is 30.9 Å². The van der Waals surface area contributed by atoms with Crippen LogP contribution in [0.3, 0.4) is 0 Å². The maximum absolute atomic E-state index is 12.2. The molecule has 0 radical (unpaired) electrons. The van der Waals surface area contributed by atoms with E-state index >= 15 is 0 Å². The highest BCUT2D eigenvalue weighted by Gasteiger charge is 2.45. The molecule has 270 valence electrons. The second-order valence-electron chi connectivity index (χ2n) is 14.2. The third kappa shape index (κ3) is 7.84. The minimum atomic E-state index is -4.39. The molecular weight excluding hydrogens is 667 g/mol. The van der Waals surface area contributed by atoms with Crippen molar-refractivity contribution >= 4 is 45.0 Å². The van der Waals surface area contributed by atoms with E-state index in [9.17, 15) is 27.4 Å². The zero-order chi connectivity index (χ0) is 37.1. The van der Waals surface area contributed by atoms with Crippen LogP contribution in [0.15, 0.2) is 89.5 Å². The Hall–Kier alpha value is -4.61. The third-order valence-electron chi connectivity index (χ3n) is 9.94. The number of rotatable bonds is 13. The summed E-state index contributed by atoms with van der Waals surface area (Å²) >= 11 is 0. The predicted molar refractivity (Wildman–Crippen MR) is 197 cm³/mol. The van der Waals surface area contributed by atoms with Crippen LogP contribution in [0.1, 0.15) is 89.8 Å². The molecule has 0 aromatic heterocycles. The fraction of sp³-hybridized carbons (Fsp3) is 0.400. The monoisotopic (exact) mass is 714 g/mol. The van der Waals surface area contributed by atoms with Crippen LogP contribution < -0.4 is 4.90 Å². The van der Waals surface area contributed by atoms with Crippen molar-refractivity contribution < 1.29 is 36.8 Å². The fourth-order valence-electron chi connectivity index (χ4n) is 7.19. The summed E-state index contributed by atoms with van der Waals surface area (Å²) in [5.41, 5.74) is 7.02. The van der Waals surface area contributed by atoms with Crippen LogP contribution in [0.5, 0.6) is 0 Å². The van der Waals surface area contributed by atoms with Crippen molar-refractivity contribution in [3.05, 3.63) is 101 Å². The number of amides is 2.